The van der Waals surface area contributed by atoms with Gasteiger partial charge >= 0.3 is 0 Å². The smallest absolute Gasteiger partial charge is 0.234 e. The first-order chi connectivity index (χ1) is 12.0. The predicted octanol–water partition coefficient (Wildman–Crippen LogP) is 2.83. The van der Waals surface area contributed by atoms with Crippen molar-refractivity contribution in [2.24, 2.45) is 5.92 Å². The molecule has 6 nitrogen and oxygen atoms in total. The number of nitrogens with one attached hydrogen (secondary N) is 2. The number of carbonyl (C=O) groups excluding carboxylic acids is 2. The van der Waals surface area contributed by atoms with Crippen molar-refractivity contribution < 1.29 is 18.4 Å². The number of amides is 2. The van der Waals surface area contributed by atoms with Crippen LogP contribution in [-0.4, -0.2) is 27.8 Å². The molecule has 0 bridgehead atoms. The SMILES string of the molecule is O=C(CSc1ccc(NC(=O)C2CC2)nn1)Nc1ccc(F)cc1F. The van der Waals surface area contributed by atoms with Gasteiger partial charge in [0.2, 0.25) is 11.8 Å². The molecule has 130 valence electrons. The van der Waals surface area contributed by atoms with E-state index in [9.17, 15) is 18.4 Å². The molecule has 0 atom stereocenters. The fraction of sp³-hybridized carbons (Fsp3) is 0.250. The zero-order chi connectivity index (χ0) is 17.8. The summed E-state index contributed by atoms with van der Waals surface area (Å²) in [6.07, 6.45) is 1.80. The van der Waals surface area contributed by atoms with E-state index in [0.717, 1.165) is 36.7 Å². The molecule has 0 unspecified atom stereocenters. The summed E-state index contributed by atoms with van der Waals surface area (Å²) in [5, 5.41) is 13.3. The van der Waals surface area contributed by atoms with Crippen LogP contribution in [0.3, 0.4) is 0 Å². The summed E-state index contributed by atoms with van der Waals surface area (Å²) in [5.41, 5.74) is -0.0868. The topological polar surface area (TPSA) is 84.0 Å². The average Bonchev–Trinajstić information content (AvgIpc) is 3.42. The van der Waals surface area contributed by atoms with Gasteiger partial charge in [0.25, 0.3) is 0 Å². The summed E-state index contributed by atoms with van der Waals surface area (Å²) in [7, 11) is 0. The first kappa shape index (κ1) is 17.3. The van der Waals surface area contributed by atoms with E-state index < -0.39 is 17.5 Å². The van der Waals surface area contributed by atoms with Crippen molar-refractivity contribution in [2.45, 2.75) is 17.9 Å². The van der Waals surface area contributed by atoms with Gasteiger partial charge in [-0.25, -0.2) is 8.78 Å². The van der Waals surface area contributed by atoms with Crippen LogP contribution in [0.15, 0.2) is 35.4 Å². The highest BCUT2D eigenvalue weighted by Gasteiger charge is 2.29. The summed E-state index contributed by atoms with van der Waals surface area (Å²) in [5.74, 6) is -1.65. The molecule has 1 heterocycles. The van der Waals surface area contributed by atoms with Gasteiger partial charge in [0.15, 0.2) is 5.82 Å². The molecule has 9 heteroatoms. The predicted molar refractivity (Wildman–Crippen MR) is 89.1 cm³/mol. The van der Waals surface area contributed by atoms with Gasteiger partial charge in [-0.15, -0.1) is 10.2 Å². The zero-order valence-electron chi connectivity index (χ0n) is 13.0. The maximum atomic E-state index is 13.5. The summed E-state index contributed by atoms with van der Waals surface area (Å²) in [6, 6.07) is 6.15. The van der Waals surface area contributed by atoms with E-state index in [1.807, 2.05) is 0 Å². The second-order valence-electron chi connectivity index (χ2n) is 5.48. The van der Waals surface area contributed by atoms with E-state index >= 15 is 0 Å². The fourth-order valence-corrected chi connectivity index (χ4v) is 2.57. The highest BCUT2D eigenvalue weighted by Crippen LogP contribution is 2.30. The van der Waals surface area contributed by atoms with Crippen molar-refractivity contribution in [1.29, 1.82) is 0 Å². The van der Waals surface area contributed by atoms with Gasteiger partial charge in [-0.1, -0.05) is 11.8 Å². The average molecular weight is 364 g/mol. The lowest BCUT2D eigenvalue weighted by Gasteiger charge is -2.06. The number of hydrogen-bond donors (Lipinski definition) is 2. The molecule has 1 fully saturated rings. The van der Waals surface area contributed by atoms with E-state index in [0.29, 0.717) is 16.9 Å². The highest BCUT2D eigenvalue weighted by molar-refractivity contribution is 7.99. The Bertz CT molecular complexity index is 797. The Kier molecular flexibility index (Phi) is 5.22. The Morgan fingerprint density at radius 2 is 1.92 bits per heavy atom. The summed E-state index contributed by atoms with van der Waals surface area (Å²) in [6.45, 7) is 0. The van der Waals surface area contributed by atoms with Crippen LogP contribution in [0.1, 0.15) is 12.8 Å². The molecule has 0 spiro atoms. The van der Waals surface area contributed by atoms with Crippen LogP contribution in [0.25, 0.3) is 0 Å². The Morgan fingerprint density at radius 1 is 1.12 bits per heavy atom. The van der Waals surface area contributed by atoms with Crippen molar-refractivity contribution in [3.63, 3.8) is 0 Å². The van der Waals surface area contributed by atoms with Gasteiger partial charge in [0, 0.05) is 12.0 Å². The van der Waals surface area contributed by atoms with Crippen LogP contribution < -0.4 is 10.6 Å². The number of aromatic nitrogens is 2. The third-order valence-electron chi connectivity index (χ3n) is 3.40. The minimum Gasteiger partial charge on any atom is -0.323 e. The minimum atomic E-state index is -0.839. The van der Waals surface area contributed by atoms with Crippen molar-refractivity contribution in [3.8, 4) is 0 Å². The number of rotatable bonds is 6. The number of halogens is 2. The molecule has 1 aliphatic carbocycles. The Morgan fingerprint density at radius 3 is 2.56 bits per heavy atom. The molecule has 0 aliphatic heterocycles. The van der Waals surface area contributed by atoms with Gasteiger partial charge in [-0.3, -0.25) is 9.59 Å². The molecule has 2 aromatic rings. The Balaban J connectivity index is 1.49. The van der Waals surface area contributed by atoms with Crippen molar-refractivity contribution in [2.75, 3.05) is 16.4 Å². The lowest BCUT2D eigenvalue weighted by atomic mass is 10.3. The molecule has 0 radical (unpaired) electrons. The number of anilines is 2. The van der Waals surface area contributed by atoms with E-state index in [4.69, 9.17) is 0 Å². The number of nitrogens with zero attached hydrogens (tertiary/aromatic N) is 2. The van der Waals surface area contributed by atoms with Crippen LogP contribution >= 0.6 is 11.8 Å². The van der Waals surface area contributed by atoms with Gasteiger partial charge < -0.3 is 10.6 Å². The lowest BCUT2D eigenvalue weighted by molar-refractivity contribution is -0.117. The third-order valence-corrected chi connectivity index (χ3v) is 4.32. The summed E-state index contributed by atoms with van der Waals surface area (Å²) < 4.78 is 26.3. The van der Waals surface area contributed by atoms with E-state index in [1.165, 1.54) is 0 Å². The standard InChI is InChI=1S/C16H14F2N4O2S/c17-10-3-4-12(11(18)7-10)19-14(23)8-25-15-6-5-13(21-22-15)20-16(24)9-1-2-9/h3-7,9H,1-2,8H2,(H,19,23)(H,20,21,24). The molecule has 25 heavy (non-hydrogen) atoms. The van der Waals surface area contributed by atoms with Crippen LogP contribution in [0.4, 0.5) is 20.3 Å². The number of benzene rings is 1. The largest absolute Gasteiger partial charge is 0.323 e. The number of thioether (sulfide) groups is 1. The highest BCUT2D eigenvalue weighted by atomic mass is 32.2. The zero-order valence-corrected chi connectivity index (χ0v) is 13.8. The quantitative estimate of drug-likeness (QED) is 0.770. The molecule has 3 rings (SSSR count). The van der Waals surface area contributed by atoms with Gasteiger partial charge in [0.05, 0.1) is 11.4 Å². The van der Waals surface area contributed by atoms with Gasteiger partial charge in [-0.2, -0.15) is 0 Å². The Hall–Kier alpha value is -2.55. The van der Waals surface area contributed by atoms with Crippen molar-refractivity contribution in [3.05, 3.63) is 42.0 Å². The van der Waals surface area contributed by atoms with Crippen LogP contribution in [0.5, 0.6) is 0 Å². The Labute approximate surface area is 146 Å². The van der Waals surface area contributed by atoms with Crippen LogP contribution in [-0.2, 0) is 9.59 Å². The third kappa shape index (κ3) is 4.96. The number of hydrogen-bond acceptors (Lipinski definition) is 5. The van der Waals surface area contributed by atoms with Gasteiger partial charge in [0.1, 0.15) is 16.7 Å². The molecule has 1 aliphatic rings. The van der Waals surface area contributed by atoms with E-state index in [1.54, 1.807) is 12.1 Å². The molecular formula is C16H14F2N4O2S. The fourth-order valence-electron chi connectivity index (χ4n) is 1.95. The first-order valence-corrected chi connectivity index (χ1v) is 8.52. The second-order valence-corrected chi connectivity index (χ2v) is 6.48. The van der Waals surface area contributed by atoms with Crippen molar-refractivity contribution >= 4 is 35.1 Å². The molecule has 2 amide bonds. The normalized spacial score (nSPS) is 13.4. The van der Waals surface area contributed by atoms with Crippen LogP contribution in [0, 0.1) is 17.6 Å². The maximum Gasteiger partial charge on any atom is 0.234 e. The summed E-state index contributed by atoms with van der Waals surface area (Å²) in [4.78, 5) is 23.4. The lowest BCUT2D eigenvalue weighted by Crippen LogP contribution is -2.16. The molecule has 0 saturated heterocycles. The maximum absolute atomic E-state index is 13.5. The number of carbonyl (C=O) groups is 2. The van der Waals surface area contributed by atoms with E-state index in [-0.39, 0.29) is 23.3 Å². The minimum absolute atomic E-state index is 0.0146. The van der Waals surface area contributed by atoms with Gasteiger partial charge in [-0.05, 0) is 37.1 Å². The second kappa shape index (κ2) is 7.56. The first-order valence-electron chi connectivity index (χ1n) is 7.53. The molecule has 1 aromatic carbocycles. The molecule has 1 saturated carbocycles. The molecule has 1 aromatic heterocycles. The van der Waals surface area contributed by atoms with Crippen LogP contribution in [0.2, 0.25) is 0 Å². The van der Waals surface area contributed by atoms with E-state index in [2.05, 4.69) is 20.8 Å². The van der Waals surface area contributed by atoms with Crippen molar-refractivity contribution in [1.82, 2.24) is 10.2 Å². The summed E-state index contributed by atoms with van der Waals surface area (Å²) >= 11 is 1.11. The monoisotopic (exact) mass is 364 g/mol. The molecule has 2 N–H and O–H groups in total. The molecular weight excluding hydrogens is 350 g/mol.